The van der Waals surface area contributed by atoms with E-state index in [0.29, 0.717) is 26.1 Å². The highest BCUT2D eigenvalue weighted by Crippen LogP contribution is 1.95. The highest BCUT2D eigenvalue weighted by molar-refractivity contribution is 4.68. The summed E-state index contributed by atoms with van der Waals surface area (Å²) < 4.78 is 10.1. The fourth-order valence-electron chi connectivity index (χ4n) is 1.84. The lowest BCUT2D eigenvalue weighted by Crippen LogP contribution is -2.43. The van der Waals surface area contributed by atoms with Gasteiger partial charge in [-0.05, 0) is 19.9 Å². The van der Waals surface area contributed by atoms with Crippen LogP contribution < -0.4 is 5.32 Å². The molecule has 1 rings (SSSR count). The van der Waals surface area contributed by atoms with Gasteiger partial charge in [0, 0.05) is 26.2 Å². The molecule has 0 saturated carbocycles. The topological polar surface area (TPSA) is 81.3 Å². The third kappa shape index (κ3) is 13.6. The SMILES string of the molecule is CC(OCCC#N)OCCC#N.CCCN1CCNCC1. The van der Waals surface area contributed by atoms with Crippen LogP contribution in [0.4, 0.5) is 0 Å². The van der Waals surface area contributed by atoms with Crippen molar-refractivity contribution in [3.8, 4) is 12.1 Å². The standard InChI is InChI=1S/C8H12N2O2.C7H16N2/c1-8(11-6-2-4-9)12-7-3-5-10;1-2-5-9-6-3-8-4-7-9/h8H,2-3,6-7H2,1H3;8H,2-7H2,1H3. The number of piperazine rings is 1. The maximum atomic E-state index is 8.18. The van der Waals surface area contributed by atoms with Gasteiger partial charge in [0.15, 0.2) is 6.29 Å². The van der Waals surface area contributed by atoms with Gasteiger partial charge in [0.05, 0.1) is 38.2 Å². The number of hydrogen-bond donors (Lipinski definition) is 1. The molecular weight excluding hydrogens is 268 g/mol. The summed E-state index contributed by atoms with van der Waals surface area (Å²) in [5.74, 6) is 0. The van der Waals surface area contributed by atoms with Crippen LogP contribution in [-0.2, 0) is 9.47 Å². The first-order valence-corrected chi connectivity index (χ1v) is 7.64. The second kappa shape index (κ2) is 15.2. The van der Waals surface area contributed by atoms with Crippen molar-refractivity contribution in [2.75, 3.05) is 45.9 Å². The summed E-state index contributed by atoms with van der Waals surface area (Å²) in [6, 6.07) is 3.91. The Kier molecular flexibility index (Phi) is 14.4. The molecular formula is C15H28N4O2. The molecule has 1 aliphatic rings. The van der Waals surface area contributed by atoms with Gasteiger partial charge in [0.2, 0.25) is 0 Å². The van der Waals surface area contributed by atoms with Gasteiger partial charge in [-0.1, -0.05) is 6.92 Å². The number of ether oxygens (including phenoxy) is 2. The Balaban J connectivity index is 0.000000394. The second-order valence-corrected chi connectivity index (χ2v) is 4.72. The summed E-state index contributed by atoms with van der Waals surface area (Å²) in [6.07, 6.45) is 1.70. The molecule has 0 bridgehead atoms. The van der Waals surface area contributed by atoms with Crippen molar-refractivity contribution >= 4 is 0 Å². The molecule has 0 spiro atoms. The Morgan fingerprint density at radius 1 is 1.10 bits per heavy atom. The van der Waals surface area contributed by atoms with Gasteiger partial charge in [-0.25, -0.2) is 0 Å². The van der Waals surface area contributed by atoms with E-state index in [1.807, 2.05) is 12.1 Å². The normalized spacial score (nSPS) is 14.9. The lowest BCUT2D eigenvalue weighted by atomic mass is 10.3. The third-order valence-corrected chi connectivity index (χ3v) is 2.88. The predicted molar refractivity (Wildman–Crippen MR) is 81.4 cm³/mol. The number of hydrogen-bond acceptors (Lipinski definition) is 6. The lowest BCUT2D eigenvalue weighted by molar-refractivity contribution is -0.127. The lowest BCUT2D eigenvalue weighted by Gasteiger charge is -2.26. The van der Waals surface area contributed by atoms with Crippen molar-refractivity contribution in [1.82, 2.24) is 10.2 Å². The van der Waals surface area contributed by atoms with Gasteiger partial charge in [-0.15, -0.1) is 0 Å². The van der Waals surface area contributed by atoms with Crippen LogP contribution in [0.1, 0.15) is 33.1 Å². The summed E-state index contributed by atoms with van der Waals surface area (Å²) in [6.45, 7) is 10.9. The molecule has 0 aromatic carbocycles. The van der Waals surface area contributed by atoms with E-state index in [-0.39, 0.29) is 6.29 Å². The molecule has 0 aliphatic carbocycles. The summed E-state index contributed by atoms with van der Waals surface area (Å²) in [5, 5.41) is 19.7. The first-order chi connectivity index (χ1) is 10.2. The Bertz CT molecular complexity index is 283. The number of nitrogens with one attached hydrogen (secondary N) is 1. The summed E-state index contributed by atoms with van der Waals surface area (Å²) in [5.41, 5.74) is 0. The predicted octanol–water partition coefficient (Wildman–Crippen LogP) is 1.49. The fraction of sp³-hybridized carbons (Fsp3) is 0.867. The molecule has 1 heterocycles. The summed E-state index contributed by atoms with van der Waals surface area (Å²) in [4.78, 5) is 2.51. The van der Waals surface area contributed by atoms with Gasteiger partial charge < -0.3 is 19.7 Å². The van der Waals surface area contributed by atoms with Gasteiger partial charge in [0.1, 0.15) is 0 Å². The summed E-state index contributed by atoms with van der Waals surface area (Å²) >= 11 is 0. The van der Waals surface area contributed by atoms with E-state index in [1.165, 1.54) is 39.1 Å². The van der Waals surface area contributed by atoms with Crippen LogP contribution >= 0.6 is 0 Å². The van der Waals surface area contributed by atoms with Crippen molar-refractivity contribution in [2.24, 2.45) is 0 Å². The van der Waals surface area contributed by atoms with E-state index in [9.17, 15) is 0 Å². The van der Waals surface area contributed by atoms with Crippen LogP contribution in [0.3, 0.4) is 0 Å². The monoisotopic (exact) mass is 296 g/mol. The number of nitrogens with zero attached hydrogens (tertiary/aromatic N) is 3. The maximum absolute atomic E-state index is 8.18. The molecule has 0 unspecified atom stereocenters. The Hall–Kier alpha value is -1.18. The van der Waals surface area contributed by atoms with Gasteiger partial charge in [-0.2, -0.15) is 10.5 Å². The van der Waals surface area contributed by atoms with Crippen molar-refractivity contribution in [3.63, 3.8) is 0 Å². The molecule has 0 radical (unpaired) electrons. The Morgan fingerprint density at radius 2 is 1.62 bits per heavy atom. The average molecular weight is 296 g/mol. The minimum Gasteiger partial charge on any atom is -0.352 e. The van der Waals surface area contributed by atoms with Crippen LogP contribution in [0.5, 0.6) is 0 Å². The molecule has 0 atom stereocenters. The van der Waals surface area contributed by atoms with Gasteiger partial charge >= 0.3 is 0 Å². The largest absolute Gasteiger partial charge is 0.352 e. The molecule has 1 fully saturated rings. The minimum absolute atomic E-state index is 0.327. The van der Waals surface area contributed by atoms with Crippen LogP contribution in [-0.4, -0.2) is 57.1 Å². The van der Waals surface area contributed by atoms with E-state index >= 15 is 0 Å². The molecule has 6 heteroatoms. The quantitative estimate of drug-likeness (QED) is 0.540. The first kappa shape index (κ1) is 19.8. The molecule has 1 N–H and O–H groups in total. The maximum Gasteiger partial charge on any atom is 0.154 e. The highest BCUT2D eigenvalue weighted by Gasteiger charge is 2.06. The number of nitriles is 2. The Morgan fingerprint density at radius 3 is 2.05 bits per heavy atom. The Labute approximate surface area is 128 Å². The van der Waals surface area contributed by atoms with E-state index in [0.717, 1.165) is 0 Å². The molecule has 6 nitrogen and oxygen atoms in total. The van der Waals surface area contributed by atoms with Crippen LogP contribution in [0.25, 0.3) is 0 Å². The molecule has 0 amide bonds. The summed E-state index contributed by atoms with van der Waals surface area (Å²) in [7, 11) is 0. The minimum atomic E-state index is -0.327. The van der Waals surface area contributed by atoms with Crippen LogP contribution in [0.15, 0.2) is 0 Å². The number of rotatable bonds is 8. The zero-order valence-corrected chi connectivity index (χ0v) is 13.3. The van der Waals surface area contributed by atoms with E-state index in [1.54, 1.807) is 6.92 Å². The molecule has 120 valence electrons. The molecule has 1 saturated heterocycles. The van der Waals surface area contributed by atoms with Crippen LogP contribution in [0, 0.1) is 22.7 Å². The van der Waals surface area contributed by atoms with Gasteiger partial charge in [0.25, 0.3) is 0 Å². The average Bonchev–Trinajstić information content (AvgIpc) is 2.50. The van der Waals surface area contributed by atoms with Crippen molar-refractivity contribution in [2.45, 2.75) is 39.4 Å². The van der Waals surface area contributed by atoms with E-state index in [2.05, 4.69) is 17.1 Å². The molecule has 0 aromatic heterocycles. The third-order valence-electron chi connectivity index (χ3n) is 2.88. The molecule has 1 aliphatic heterocycles. The molecule has 21 heavy (non-hydrogen) atoms. The zero-order valence-electron chi connectivity index (χ0n) is 13.3. The van der Waals surface area contributed by atoms with E-state index in [4.69, 9.17) is 20.0 Å². The van der Waals surface area contributed by atoms with Gasteiger partial charge in [-0.3, -0.25) is 0 Å². The smallest absolute Gasteiger partial charge is 0.154 e. The molecule has 0 aromatic rings. The zero-order chi connectivity index (χ0) is 15.8. The first-order valence-electron chi connectivity index (χ1n) is 7.64. The fourth-order valence-corrected chi connectivity index (χ4v) is 1.84. The van der Waals surface area contributed by atoms with Crippen molar-refractivity contribution in [1.29, 1.82) is 10.5 Å². The second-order valence-electron chi connectivity index (χ2n) is 4.72. The van der Waals surface area contributed by atoms with Crippen LogP contribution in [0.2, 0.25) is 0 Å². The highest BCUT2D eigenvalue weighted by atomic mass is 16.7. The van der Waals surface area contributed by atoms with E-state index < -0.39 is 0 Å². The van der Waals surface area contributed by atoms with Crippen molar-refractivity contribution in [3.05, 3.63) is 0 Å². The van der Waals surface area contributed by atoms with Crippen molar-refractivity contribution < 1.29 is 9.47 Å².